The van der Waals surface area contributed by atoms with Crippen molar-refractivity contribution in [3.8, 4) is 0 Å². The highest BCUT2D eigenvalue weighted by Gasteiger charge is 2.05. The Morgan fingerprint density at radius 3 is 2.79 bits per heavy atom. The summed E-state index contributed by atoms with van der Waals surface area (Å²) >= 11 is 0. The zero-order valence-electron chi connectivity index (χ0n) is 13.5. The summed E-state index contributed by atoms with van der Waals surface area (Å²) in [6.07, 6.45) is 6.48. The van der Waals surface area contributed by atoms with E-state index >= 15 is 0 Å². The Balaban J connectivity index is 1.47. The standard InChI is InChI=1S/C17H19N5O2/c1-13-12-16-17(19-10-11-21(16)20-13)18-9-3-2-4-14-5-7-15(8-6-14)22(23)24/h5-8,10-12H,2-4,9H2,1H3,(H,18,19). The van der Waals surface area contributed by atoms with Gasteiger partial charge in [-0.1, -0.05) is 12.1 Å². The smallest absolute Gasteiger partial charge is 0.269 e. The lowest BCUT2D eigenvalue weighted by atomic mass is 10.1. The van der Waals surface area contributed by atoms with Crippen LogP contribution in [0.3, 0.4) is 0 Å². The average Bonchev–Trinajstić information content (AvgIpc) is 2.96. The summed E-state index contributed by atoms with van der Waals surface area (Å²) in [5.74, 6) is 0.841. The summed E-state index contributed by atoms with van der Waals surface area (Å²) in [5, 5.41) is 18.3. The second kappa shape index (κ2) is 7.08. The van der Waals surface area contributed by atoms with E-state index in [0.717, 1.165) is 48.4 Å². The quantitative estimate of drug-likeness (QED) is 0.409. The third-order valence-corrected chi connectivity index (χ3v) is 3.84. The zero-order chi connectivity index (χ0) is 16.9. The SMILES string of the molecule is Cc1cc2c(NCCCCc3ccc([N+](=O)[O-])cc3)nccn2n1. The highest BCUT2D eigenvalue weighted by Crippen LogP contribution is 2.16. The minimum atomic E-state index is -0.376. The van der Waals surface area contributed by atoms with E-state index in [2.05, 4.69) is 15.4 Å². The van der Waals surface area contributed by atoms with Crippen LogP contribution < -0.4 is 5.32 Å². The minimum absolute atomic E-state index is 0.135. The first-order chi connectivity index (χ1) is 11.6. The molecule has 0 aliphatic rings. The van der Waals surface area contributed by atoms with Gasteiger partial charge < -0.3 is 5.32 Å². The van der Waals surface area contributed by atoms with Crippen LogP contribution in [0.5, 0.6) is 0 Å². The van der Waals surface area contributed by atoms with Gasteiger partial charge in [0.05, 0.1) is 10.6 Å². The van der Waals surface area contributed by atoms with Gasteiger partial charge >= 0.3 is 0 Å². The van der Waals surface area contributed by atoms with Crippen LogP contribution in [0, 0.1) is 17.0 Å². The van der Waals surface area contributed by atoms with Crippen molar-refractivity contribution < 1.29 is 4.92 Å². The van der Waals surface area contributed by atoms with Gasteiger partial charge in [-0.05, 0) is 37.8 Å². The van der Waals surface area contributed by atoms with E-state index in [-0.39, 0.29) is 10.6 Å². The Kier molecular flexibility index (Phi) is 4.69. The zero-order valence-corrected chi connectivity index (χ0v) is 13.5. The predicted octanol–water partition coefficient (Wildman–Crippen LogP) is 3.38. The molecular formula is C17H19N5O2. The van der Waals surface area contributed by atoms with Crippen molar-refractivity contribution in [3.63, 3.8) is 0 Å². The molecule has 24 heavy (non-hydrogen) atoms. The molecule has 0 bridgehead atoms. The largest absolute Gasteiger partial charge is 0.368 e. The highest BCUT2D eigenvalue weighted by atomic mass is 16.6. The summed E-state index contributed by atoms with van der Waals surface area (Å²) in [6.45, 7) is 2.78. The van der Waals surface area contributed by atoms with Crippen LogP contribution >= 0.6 is 0 Å². The summed E-state index contributed by atoms with van der Waals surface area (Å²) in [4.78, 5) is 14.6. The summed E-state index contributed by atoms with van der Waals surface area (Å²) in [5.41, 5.74) is 3.19. The third kappa shape index (κ3) is 3.68. The van der Waals surface area contributed by atoms with E-state index in [1.54, 1.807) is 18.3 Å². The Morgan fingerprint density at radius 1 is 1.25 bits per heavy atom. The van der Waals surface area contributed by atoms with Gasteiger partial charge in [0.25, 0.3) is 5.69 Å². The molecule has 2 aromatic heterocycles. The lowest BCUT2D eigenvalue weighted by molar-refractivity contribution is -0.384. The number of rotatable bonds is 7. The maximum absolute atomic E-state index is 10.6. The summed E-state index contributed by atoms with van der Waals surface area (Å²) in [7, 11) is 0. The van der Waals surface area contributed by atoms with Crippen molar-refractivity contribution in [1.82, 2.24) is 14.6 Å². The maximum Gasteiger partial charge on any atom is 0.269 e. The Morgan fingerprint density at radius 2 is 2.04 bits per heavy atom. The van der Waals surface area contributed by atoms with E-state index in [1.807, 2.05) is 35.8 Å². The van der Waals surface area contributed by atoms with Gasteiger partial charge in [0.1, 0.15) is 5.52 Å². The second-order valence-electron chi connectivity index (χ2n) is 5.70. The molecule has 3 aromatic rings. The number of nitrogens with zero attached hydrogens (tertiary/aromatic N) is 4. The number of non-ortho nitro benzene ring substituents is 1. The number of hydrogen-bond donors (Lipinski definition) is 1. The number of nitrogens with one attached hydrogen (secondary N) is 1. The van der Waals surface area contributed by atoms with E-state index in [9.17, 15) is 10.1 Å². The predicted molar refractivity (Wildman–Crippen MR) is 92.2 cm³/mol. The number of benzene rings is 1. The molecule has 0 amide bonds. The number of anilines is 1. The van der Waals surface area contributed by atoms with Gasteiger partial charge in [0.15, 0.2) is 5.82 Å². The Hall–Kier alpha value is -2.96. The van der Waals surface area contributed by atoms with Crippen LogP contribution in [0.25, 0.3) is 5.52 Å². The summed E-state index contributed by atoms with van der Waals surface area (Å²) < 4.78 is 1.82. The number of aromatic nitrogens is 3. The molecular weight excluding hydrogens is 306 g/mol. The minimum Gasteiger partial charge on any atom is -0.368 e. The van der Waals surface area contributed by atoms with Crippen LogP contribution in [0.15, 0.2) is 42.7 Å². The fourth-order valence-corrected chi connectivity index (χ4v) is 2.63. The molecule has 0 aliphatic heterocycles. The maximum atomic E-state index is 10.6. The molecule has 0 saturated heterocycles. The molecule has 1 N–H and O–H groups in total. The van der Waals surface area contributed by atoms with E-state index in [1.165, 1.54) is 0 Å². The number of fused-ring (bicyclic) bond motifs is 1. The summed E-state index contributed by atoms with van der Waals surface area (Å²) in [6, 6.07) is 8.76. The van der Waals surface area contributed by atoms with E-state index in [4.69, 9.17) is 0 Å². The number of hydrogen-bond acceptors (Lipinski definition) is 5. The number of unbranched alkanes of at least 4 members (excludes halogenated alkanes) is 1. The topological polar surface area (TPSA) is 85.4 Å². The van der Waals surface area contributed by atoms with Crippen LogP contribution in [0.1, 0.15) is 24.1 Å². The molecule has 7 nitrogen and oxygen atoms in total. The molecule has 0 saturated carbocycles. The lowest BCUT2D eigenvalue weighted by Crippen LogP contribution is -2.05. The van der Waals surface area contributed by atoms with Crippen LogP contribution in [0.2, 0.25) is 0 Å². The molecule has 0 unspecified atom stereocenters. The Bertz CT molecular complexity index is 842. The number of nitro groups is 1. The lowest BCUT2D eigenvalue weighted by Gasteiger charge is -2.07. The molecule has 0 fully saturated rings. The second-order valence-corrected chi connectivity index (χ2v) is 5.70. The molecule has 0 aliphatic carbocycles. The third-order valence-electron chi connectivity index (χ3n) is 3.84. The molecule has 1 aromatic carbocycles. The fourth-order valence-electron chi connectivity index (χ4n) is 2.63. The van der Waals surface area contributed by atoms with Crippen LogP contribution in [-0.2, 0) is 6.42 Å². The highest BCUT2D eigenvalue weighted by molar-refractivity contribution is 5.67. The van der Waals surface area contributed by atoms with Crippen molar-refractivity contribution in [2.24, 2.45) is 0 Å². The first-order valence-electron chi connectivity index (χ1n) is 7.92. The van der Waals surface area contributed by atoms with Gasteiger partial charge in [-0.15, -0.1) is 0 Å². The first-order valence-corrected chi connectivity index (χ1v) is 7.92. The van der Waals surface area contributed by atoms with Crippen LogP contribution in [-0.4, -0.2) is 26.1 Å². The van der Waals surface area contributed by atoms with Crippen molar-refractivity contribution in [2.45, 2.75) is 26.2 Å². The number of aryl methyl sites for hydroxylation is 2. The first kappa shape index (κ1) is 15.9. The van der Waals surface area contributed by atoms with Gasteiger partial charge in [-0.25, -0.2) is 9.50 Å². The van der Waals surface area contributed by atoms with Crippen molar-refractivity contribution in [2.75, 3.05) is 11.9 Å². The van der Waals surface area contributed by atoms with Crippen molar-refractivity contribution in [3.05, 3.63) is 64.1 Å². The van der Waals surface area contributed by atoms with E-state index in [0.29, 0.717) is 0 Å². The average molecular weight is 325 g/mol. The van der Waals surface area contributed by atoms with Gasteiger partial charge in [0, 0.05) is 31.1 Å². The van der Waals surface area contributed by atoms with Gasteiger partial charge in [-0.3, -0.25) is 10.1 Å². The van der Waals surface area contributed by atoms with Crippen molar-refractivity contribution in [1.29, 1.82) is 0 Å². The van der Waals surface area contributed by atoms with Gasteiger partial charge in [0.2, 0.25) is 0 Å². The molecule has 7 heteroatoms. The molecule has 124 valence electrons. The monoisotopic (exact) mass is 325 g/mol. The van der Waals surface area contributed by atoms with Crippen molar-refractivity contribution >= 4 is 17.0 Å². The fraction of sp³-hybridized carbons (Fsp3) is 0.294. The molecule has 0 radical (unpaired) electrons. The van der Waals surface area contributed by atoms with Crippen LogP contribution in [0.4, 0.5) is 11.5 Å². The molecule has 0 atom stereocenters. The van der Waals surface area contributed by atoms with E-state index < -0.39 is 0 Å². The van der Waals surface area contributed by atoms with Gasteiger partial charge in [-0.2, -0.15) is 5.10 Å². The number of nitro benzene ring substituents is 1. The molecule has 3 rings (SSSR count). The Labute approximate surface area is 139 Å². The molecule has 0 spiro atoms. The molecule has 2 heterocycles. The normalized spacial score (nSPS) is 10.9.